The molecular formula is C16H23N3. The third kappa shape index (κ3) is 2.27. The number of imidazole rings is 1. The molecule has 3 heteroatoms. The summed E-state index contributed by atoms with van der Waals surface area (Å²) >= 11 is 0. The van der Waals surface area contributed by atoms with Crippen LogP contribution < -0.4 is 5.73 Å². The van der Waals surface area contributed by atoms with Crippen LogP contribution in [0.2, 0.25) is 0 Å². The highest BCUT2D eigenvalue weighted by Crippen LogP contribution is 2.31. The highest BCUT2D eigenvalue weighted by atomic mass is 15.1. The van der Waals surface area contributed by atoms with Crippen LogP contribution in [0, 0.1) is 6.92 Å². The van der Waals surface area contributed by atoms with Gasteiger partial charge in [0, 0.05) is 18.5 Å². The highest BCUT2D eigenvalue weighted by Gasteiger charge is 2.31. The van der Waals surface area contributed by atoms with E-state index in [1.165, 1.54) is 23.9 Å². The van der Waals surface area contributed by atoms with Crippen LogP contribution in [0.1, 0.15) is 44.0 Å². The minimum absolute atomic E-state index is 0.0245. The zero-order chi connectivity index (χ0) is 13.5. The zero-order valence-corrected chi connectivity index (χ0v) is 11.9. The number of hydrogen-bond donors (Lipinski definition) is 1. The Hall–Kier alpha value is -1.35. The second-order valence-electron chi connectivity index (χ2n) is 6.01. The fraction of sp³-hybridized carbons (Fsp3) is 0.562. The summed E-state index contributed by atoms with van der Waals surface area (Å²) < 4.78 is 2.32. The standard InChI is InChI=1S/C16H23N3/c1-3-19-14-7-6-12(2)10-13(14)18-15(19)11-16(17)8-4-5-9-16/h6-7,10H,3-5,8-9,11,17H2,1-2H3. The Morgan fingerprint density at radius 3 is 2.74 bits per heavy atom. The maximum atomic E-state index is 6.51. The smallest absolute Gasteiger partial charge is 0.111 e. The normalized spacial score (nSPS) is 18.3. The fourth-order valence-electron chi connectivity index (χ4n) is 3.35. The van der Waals surface area contributed by atoms with Crippen LogP contribution in [0.4, 0.5) is 0 Å². The van der Waals surface area contributed by atoms with Gasteiger partial charge in [0.1, 0.15) is 5.82 Å². The Morgan fingerprint density at radius 1 is 1.32 bits per heavy atom. The lowest BCUT2D eigenvalue weighted by molar-refractivity contribution is 0.419. The van der Waals surface area contributed by atoms with E-state index >= 15 is 0 Å². The molecular weight excluding hydrogens is 234 g/mol. The van der Waals surface area contributed by atoms with Crippen molar-refractivity contribution in [1.82, 2.24) is 9.55 Å². The maximum absolute atomic E-state index is 6.51. The quantitative estimate of drug-likeness (QED) is 0.917. The summed E-state index contributed by atoms with van der Waals surface area (Å²) in [7, 11) is 0. The summed E-state index contributed by atoms with van der Waals surface area (Å²) in [5.41, 5.74) is 10.1. The van der Waals surface area contributed by atoms with Gasteiger partial charge in [-0.25, -0.2) is 4.98 Å². The average molecular weight is 257 g/mol. The monoisotopic (exact) mass is 257 g/mol. The molecule has 0 spiro atoms. The number of benzene rings is 1. The Labute approximate surface area is 114 Å². The van der Waals surface area contributed by atoms with Crippen molar-refractivity contribution in [2.24, 2.45) is 5.73 Å². The van der Waals surface area contributed by atoms with Gasteiger partial charge < -0.3 is 10.3 Å². The van der Waals surface area contributed by atoms with Crippen LogP contribution in [0.3, 0.4) is 0 Å². The number of nitrogens with zero attached hydrogens (tertiary/aromatic N) is 2. The Balaban J connectivity index is 2.02. The summed E-state index contributed by atoms with van der Waals surface area (Å²) in [6.45, 7) is 5.26. The molecule has 0 amide bonds. The molecule has 1 aromatic carbocycles. The molecule has 0 unspecified atom stereocenters. The first-order chi connectivity index (χ1) is 9.11. The van der Waals surface area contributed by atoms with E-state index in [-0.39, 0.29) is 5.54 Å². The first-order valence-corrected chi connectivity index (χ1v) is 7.36. The van der Waals surface area contributed by atoms with Crippen LogP contribution in [0.5, 0.6) is 0 Å². The number of fused-ring (bicyclic) bond motifs is 1. The molecule has 1 heterocycles. The molecule has 2 aromatic rings. The number of aryl methyl sites for hydroxylation is 2. The molecule has 0 atom stereocenters. The van der Waals surface area contributed by atoms with Gasteiger partial charge in [0.15, 0.2) is 0 Å². The van der Waals surface area contributed by atoms with Gasteiger partial charge in [0.25, 0.3) is 0 Å². The van der Waals surface area contributed by atoms with Crippen molar-refractivity contribution < 1.29 is 0 Å². The molecule has 1 saturated carbocycles. The minimum atomic E-state index is -0.0245. The molecule has 1 aliphatic carbocycles. The van der Waals surface area contributed by atoms with E-state index in [1.807, 2.05) is 0 Å². The van der Waals surface area contributed by atoms with E-state index in [4.69, 9.17) is 10.7 Å². The lowest BCUT2D eigenvalue weighted by Crippen LogP contribution is -2.39. The third-order valence-electron chi connectivity index (χ3n) is 4.41. The van der Waals surface area contributed by atoms with Crippen LogP contribution in [-0.2, 0) is 13.0 Å². The van der Waals surface area contributed by atoms with E-state index in [0.29, 0.717) is 0 Å². The number of rotatable bonds is 3. The van der Waals surface area contributed by atoms with Gasteiger partial charge in [-0.2, -0.15) is 0 Å². The van der Waals surface area contributed by atoms with E-state index in [9.17, 15) is 0 Å². The van der Waals surface area contributed by atoms with Crippen molar-refractivity contribution >= 4 is 11.0 Å². The fourth-order valence-corrected chi connectivity index (χ4v) is 3.35. The summed E-state index contributed by atoms with van der Waals surface area (Å²) in [4.78, 5) is 4.84. The van der Waals surface area contributed by atoms with Crippen LogP contribution in [0.25, 0.3) is 11.0 Å². The molecule has 1 aromatic heterocycles. The average Bonchev–Trinajstić information content (AvgIpc) is 2.92. The van der Waals surface area contributed by atoms with Gasteiger partial charge in [-0.1, -0.05) is 18.9 Å². The van der Waals surface area contributed by atoms with Crippen molar-refractivity contribution in [3.63, 3.8) is 0 Å². The second kappa shape index (κ2) is 4.64. The number of nitrogens with two attached hydrogens (primary N) is 1. The number of hydrogen-bond acceptors (Lipinski definition) is 2. The van der Waals surface area contributed by atoms with Gasteiger partial charge in [0.05, 0.1) is 11.0 Å². The van der Waals surface area contributed by atoms with E-state index in [0.717, 1.165) is 37.1 Å². The van der Waals surface area contributed by atoms with Crippen molar-refractivity contribution in [2.75, 3.05) is 0 Å². The Kier molecular flexibility index (Phi) is 3.09. The van der Waals surface area contributed by atoms with E-state index in [1.54, 1.807) is 0 Å². The molecule has 0 radical (unpaired) electrons. The van der Waals surface area contributed by atoms with Crippen LogP contribution >= 0.6 is 0 Å². The van der Waals surface area contributed by atoms with Gasteiger partial charge in [0.2, 0.25) is 0 Å². The van der Waals surface area contributed by atoms with Gasteiger partial charge in [-0.05, 0) is 44.4 Å². The maximum Gasteiger partial charge on any atom is 0.111 e. The topological polar surface area (TPSA) is 43.8 Å². The van der Waals surface area contributed by atoms with Gasteiger partial charge in [-0.3, -0.25) is 0 Å². The molecule has 1 fully saturated rings. The SMILES string of the molecule is CCn1c(CC2(N)CCCC2)nc2cc(C)ccc21. The van der Waals surface area contributed by atoms with Crippen LogP contribution in [0.15, 0.2) is 18.2 Å². The van der Waals surface area contributed by atoms with Crippen molar-refractivity contribution in [3.05, 3.63) is 29.6 Å². The molecule has 0 bridgehead atoms. The molecule has 0 aliphatic heterocycles. The highest BCUT2D eigenvalue weighted by molar-refractivity contribution is 5.76. The first kappa shape index (κ1) is 12.7. The van der Waals surface area contributed by atoms with Gasteiger partial charge in [-0.15, -0.1) is 0 Å². The summed E-state index contributed by atoms with van der Waals surface area (Å²) in [5.74, 6) is 1.16. The zero-order valence-electron chi connectivity index (χ0n) is 11.9. The van der Waals surface area contributed by atoms with Crippen molar-refractivity contribution in [3.8, 4) is 0 Å². The summed E-state index contributed by atoms with van der Waals surface area (Å²) in [5, 5.41) is 0. The summed E-state index contributed by atoms with van der Waals surface area (Å²) in [6, 6.07) is 6.51. The molecule has 3 nitrogen and oxygen atoms in total. The van der Waals surface area contributed by atoms with Crippen molar-refractivity contribution in [2.45, 2.75) is 58.0 Å². The first-order valence-electron chi connectivity index (χ1n) is 7.36. The minimum Gasteiger partial charge on any atom is -0.328 e. The lowest BCUT2D eigenvalue weighted by Gasteiger charge is -2.23. The van der Waals surface area contributed by atoms with E-state index < -0.39 is 0 Å². The molecule has 2 N–H and O–H groups in total. The lowest BCUT2D eigenvalue weighted by atomic mass is 9.94. The molecule has 19 heavy (non-hydrogen) atoms. The Bertz CT molecular complexity index is 591. The van der Waals surface area contributed by atoms with Gasteiger partial charge >= 0.3 is 0 Å². The van der Waals surface area contributed by atoms with Crippen molar-refractivity contribution in [1.29, 1.82) is 0 Å². The third-order valence-corrected chi connectivity index (χ3v) is 4.41. The largest absolute Gasteiger partial charge is 0.328 e. The molecule has 102 valence electrons. The molecule has 3 rings (SSSR count). The molecule has 0 saturated heterocycles. The molecule has 1 aliphatic rings. The van der Waals surface area contributed by atoms with Crippen LogP contribution in [-0.4, -0.2) is 15.1 Å². The Morgan fingerprint density at radius 2 is 2.05 bits per heavy atom. The predicted octanol–water partition coefficient (Wildman–Crippen LogP) is 3.18. The predicted molar refractivity (Wildman–Crippen MR) is 79.2 cm³/mol. The summed E-state index contributed by atoms with van der Waals surface area (Å²) in [6.07, 6.45) is 5.72. The number of aromatic nitrogens is 2. The second-order valence-corrected chi connectivity index (χ2v) is 6.01. The van der Waals surface area contributed by atoms with E-state index in [2.05, 4.69) is 36.6 Å².